The molecule has 5 heteroatoms. The second-order valence-corrected chi connectivity index (χ2v) is 3.86. The number of rotatable bonds is 2. The van der Waals surface area contributed by atoms with Crippen LogP contribution < -0.4 is 0 Å². The van der Waals surface area contributed by atoms with Gasteiger partial charge >= 0.3 is 5.51 Å². The van der Waals surface area contributed by atoms with Gasteiger partial charge in [0.15, 0.2) is 0 Å². The number of allylic oxidation sites excluding steroid dienone is 3. The maximum absolute atomic E-state index is 11.9. The van der Waals surface area contributed by atoms with E-state index in [4.69, 9.17) is 5.11 Å². The summed E-state index contributed by atoms with van der Waals surface area (Å²) in [6.45, 7) is -0.0690. The Kier molecular flexibility index (Phi) is 3.44. The number of hydrogen-bond donors (Lipinski definition) is 1. The Morgan fingerprint density at radius 2 is 2.00 bits per heavy atom. The zero-order valence-electron chi connectivity index (χ0n) is 6.77. The Bertz CT molecular complexity index is 242. The van der Waals surface area contributed by atoms with E-state index in [0.717, 1.165) is 5.57 Å². The molecule has 0 radical (unpaired) electrons. The van der Waals surface area contributed by atoms with Crippen molar-refractivity contribution in [3.05, 3.63) is 22.6 Å². The molecule has 0 aromatic heterocycles. The Morgan fingerprint density at radius 1 is 1.31 bits per heavy atom. The predicted molar refractivity (Wildman–Crippen MR) is 46.1 cm³/mol. The predicted octanol–water partition coefficient (Wildman–Crippen LogP) is 2.84. The molecule has 0 aliphatic heterocycles. The van der Waals surface area contributed by atoms with E-state index in [1.807, 2.05) is 0 Å². The molecule has 0 aromatic carbocycles. The van der Waals surface area contributed by atoms with Crippen molar-refractivity contribution in [2.45, 2.75) is 18.3 Å². The van der Waals surface area contributed by atoms with Crippen LogP contribution in [-0.2, 0) is 0 Å². The Balaban J connectivity index is 2.55. The highest BCUT2D eigenvalue weighted by Gasteiger charge is 2.30. The molecule has 0 saturated heterocycles. The number of thioether (sulfide) groups is 1. The molecule has 0 aromatic rings. The summed E-state index contributed by atoms with van der Waals surface area (Å²) < 4.78 is 35.6. The highest BCUT2D eigenvalue weighted by molar-refractivity contribution is 8.03. The number of hydrogen-bond acceptors (Lipinski definition) is 2. The maximum atomic E-state index is 11.9. The summed E-state index contributed by atoms with van der Waals surface area (Å²) in [5.41, 5.74) is -3.41. The minimum Gasteiger partial charge on any atom is -0.392 e. The van der Waals surface area contributed by atoms with E-state index in [-0.39, 0.29) is 18.4 Å². The topological polar surface area (TPSA) is 20.2 Å². The third kappa shape index (κ3) is 3.87. The second-order valence-electron chi connectivity index (χ2n) is 2.66. The lowest BCUT2D eigenvalue weighted by molar-refractivity contribution is -0.0322. The number of aliphatic hydroxyl groups excluding tert-OH is 1. The highest BCUT2D eigenvalue weighted by Crippen LogP contribution is 2.39. The molecular formula is C8H9F3OS. The van der Waals surface area contributed by atoms with E-state index >= 15 is 0 Å². The first kappa shape index (κ1) is 10.7. The SMILES string of the molecule is OCC1=CC=C(SC(F)(F)F)CC1. The van der Waals surface area contributed by atoms with Crippen molar-refractivity contribution in [3.8, 4) is 0 Å². The molecule has 1 N–H and O–H groups in total. The fraction of sp³-hybridized carbons (Fsp3) is 0.500. The third-order valence-electron chi connectivity index (χ3n) is 1.65. The summed E-state index contributed by atoms with van der Waals surface area (Å²) >= 11 is -0.0749. The van der Waals surface area contributed by atoms with Crippen LogP contribution in [0, 0.1) is 0 Å². The van der Waals surface area contributed by atoms with Crippen molar-refractivity contribution in [3.63, 3.8) is 0 Å². The van der Waals surface area contributed by atoms with Crippen LogP contribution in [0.5, 0.6) is 0 Å². The summed E-state index contributed by atoms with van der Waals surface area (Å²) in [6.07, 6.45) is 3.87. The monoisotopic (exact) mass is 210 g/mol. The normalized spacial score (nSPS) is 18.2. The lowest BCUT2D eigenvalue weighted by Gasteiger charge is -2.13. The van der Waals surface area contributed by atoms with E-state index in [0.29, 0.717) is 17.7 Å². The van der Waals surface area contributed by atoms with E-state index in [1.165, 1.54) is 6.08 Å². The minimum atomic E-state index is -4.20. The molecule has 13 heavy (non-hydrogen) atoms. The largest absolute Gasteiger partial charge is 0.446 e. The Hall–Kier alpha value is -0.420. The van der Waals surface area contributed by atoms with Gasteiger partial charge in [0.2, 0.25) is 0 Å². The Labute approximate surface area is 78.3 Å². The van der Waals surface area contributed by atoms with Crippen molar-refractivity contribution in [2.75, 3.05) is 6.61 Å². The zero-order valence-corrected chi connectivity index (χ0v) is 7.58. The van der Waals surface area contributed by atoms with Gasteiger partial charge in [-0.1, -0.05) is 12.2 Å². The quantitative estimate of drug-likeness (QED) is 0.756. The lowest BCUT2D eigenvalue weighted by Crippen LogP contribution is -2.03. The highest BCUT2D eigenvalue weighted by atomic mass is 32.2. The van der Waals surface area contributed by atoms with Crippen molar-refractivity contribution in [2.24, 2.45) is 0 Å². The Morgan fingerprint density at radius 3 is 2.38 bits per heavy atom. The summed E-state index contributed by atoms with van der Waals surface area (Å²) in [4.78, 5) is 0.310. The van der Waals surface area contributed by atoms with Crippen LogP contribution in [0.15, 0.2) is 22.6 Å². The number of aliphatic hydroxyl groups is 1. The summed E-state index contributed by atoms with van der Waals surface area (Å²) in [5.74, 6) is 0. The third-order valence-corrected chi connectivity index (χ3v) is 2.48. The molecule has 1 rings (SSSR count). The van der Waals surface area contributed by atoms with Crippen LogP contribution in [0.3, 0.4) is 0 Å². The molecule has 74 valence electrons. The van der Waals surface area contributed by atoms with Crippen LogP contribution in [0.2, 0.25) is 0 Å². The molecule has 0 heterocycles. The average molecular weight is 210 g/mol. The van der Waals surface area contributed by atoms with Crippen LogP contribution in [0.4, 0.5) is 13.2 Å². The number of alkyl halides is 3. The van der Waals surface area contributed by atoms with E-state index in [1.54, 1.807) is 6.08 Å². The first-order valence-corrected chi connectivity index (χ1v) is 4.58. The molecule has 0 unspecified atom stereocenters. The molecule has 1 aliphatic rings. The molecule has 0 bridgehead atoms. The zero-order chi connectivity index (χ0) is 9.90. The van der Waals surface area contributed by atoms with Gasteiger partial charge in [-0.05, 0) is 35.1 Å². The minimum absolute atomic E-state index is 0.0690. The van der Waals surface area contributed by atoms with E-state index < -0.39 is 5.51 Å². The molecule has 1 aliphatic carbocycles. The fourth-order valence-corrected chi connectivity index (χ4v) is 1.66. The summed E-state index contributed by atoms with van der Waals surface area (Å²) in [5, 5.41) is 8.68. The fourth-order valence-electron chi connectivity index (χ4n) is 1.03. The maximum Gasteiger partial charge on any atom is 0.446 e. The van der Waals surface area contributed by atoms with Gasteiger partial charge in [0, 0.05) is 0 Å². The molecule has 1 nitrogen and oxygen atoms in total. The first-order chi connectivity index (χ1) is 6.01. The molecule has 0 amide bonds. The van der Waals surface area contributed by atoms with Crippen molar-refractivity contribution >= 4 is 11.8 Å². The van der Waals surface area contributed by atoms with Gasteiger partial charge in [0.25, 0.3) is 0 Å². The van der Waals surface area contributed by atoms with Gasteiger partial charge in [-0.25, -0.2) is 0 Å². The average Bonchev–Trinajstić information content (AvgIpc) is 2.03. The van der Waals surface area contributed by atoms with Crippen LogP contribution in [0.1, 0.15) is 12.8 Å². The smallest absolute Gasteiger partial charge is 0.392 e. The van der Waals surface area contributed by atoms with E-state index in [9.17, 15) is 13.2 Å². The first-order valence-electron chi connectivity index (χ1n) is 3.76. The van der Waals surface area contributed by atoms with Crippen LogP contribution in [-0.4, -0.2) is 17.2 Å². The number of halogens is 3. The van der Waals surface area contributed by atoms with Crippen molar-refractivity contribution in [1.29, 1.82) is 0 Å². The van der Waals surface area contributed by atoms with Gasteiger partial charge in [0.05, 0.1) is 6.61 Å². The van der Waals surface area contributed by atoms with Crippen molar-refractivity contribution < 1.29 is 18.3 Å². The van der Waals surface area contributed by atoms with Gasteiger partial charge < -0.3 is 5.11 Å². The van der Waals surface area contributed by atoms with Gasteiger partial charge in [-0.2, -0.15) is 13.2 Å². The molecular weight excluding hydrogens is 201 g/mol. The molecule has 0 spiro atoms. The van der Waals surface area contributed by atoms with Crippen LogP contribution in [0.25, 0.3) is 0 Å². The molecule has 0 atom stereocenters. The summed E-state index contributed by atoms with van der Waals surface area (Å²) in [6, 6.07) is 0. The van der Waals surface area contributed by atoms with Gasteiger partial charge in [0.1, 0.15) is 0 Å². The lowest BCUT2D eigenvalue weighted by atomic mass is 10.1. The van der Waals surface area contributed by atoms with Crippen molar-refractivity contribution in [1.82, 2.24) is 0 Å². The van der Waals surface area contributed by atoms with Crippen LogP contribution >= 0.6 is 11.8 Å². The molecule has 0 fully saturated rings. The molecule has 0 saturated carbocycles. The van der Waals surface area contributed by atoms with Gasteiger partial charge in [-0.3, -0.25) is 0 Å². The van der Waals surface area contributed by atoms with E-state index in [2.05, 4.69) is 0 Å². The van der Waals surface area contributed by atoms with Gasteiger partial charge in [-0.15, -0.1) is 0 Å². The standard InChI is InChI=1S/C8H9F3OS/c9-8(10,11)13-7-3-1-6(5-12)2-4-7/h1,3,12H,2,4-5H2. The summed E-state index contributed by atoms with van der Waals surface area (Å²) in [7, 11) is 0. The second kappa shape index (κ2) is 4.19.